The predicted molar refractivity (Wildman–Crippen MR) is 96.9 cm³/mol. The Labute approximate surface area is 149 Å². The van der Waals surface area contributed by atoms with Crippen LogP contribution in [-0.2, 0) is 0 Å². The fourth-order valence-corrected chi connectivity index (χ4v) is 3.69. The number of aromatic hydroxyl groups is 1. The number of nitrogens with zero attached hydrogens (tertiary/aromatic N) is 3. The van der Waals surface area contributed by atoms with Crippen molar-refractivity contribution in [1.29, 1.82) is 0 Å². The smallest absolute Gasteiger partial charge is 0.274 e. The van der Waals surface area contributed by atoms with Gasteiger partial charge in [0, 0.05) is 12.1 Å². The van der Waals surface area contributed by atoms with Crippen LogP contribution in [0.3, 0.4) is 0 Å². The highest BCUT2D eigenvalue weighted by atomic mass is 32.1. The number of nitro benzene ring substituents is 1. The van der Waals surface area contributed by atoms with Gasteiger partial charge in [0.25, 0.3) is 11.2 Å². The number of hydrogen-bond acceptors (Lipinski definition) is 7. The number of phenols is 1. The third-order valence-electron chi connectivity index (χ3n) is 3.93. The summed E-state index contributed by atoms with van der Waals surface area (Å²) >= 11 is 1.19. The highest BCUT2D eigenvalue weighted by Crippen LogP contribution is 2.26. The van der Waals surface area contributed by atoms with Crippen LogP contribution in [0.25, 0.3) is 22.1 Å². The summed E-state index contributed by atoms with van der Waals surface area (Å²) in [6.07, 6.45) is 1.66. The van der Waals surface area contributed by atoms with Gasteiger partial charge in [-0.3, -0.25) is 14.9 Å². The first-order valence-corrected chi connectivity index (χ1v) is 8.28. The Morgan fingerprint density at radius 2 is 2.12 bits per heavy atom. The van der Waals surface area contributed by atoms with E-state index in [-0.39, 0.29) is 17.0 Å². The number of thiazole rings is 1. The van der Waals surface area contributed by atoms with Crippen molar-refractivity contribution in [2.24, 2.45) is 0 Å². The molecule has 2 aromatic carbocycles. The minimum absolute atomic E-state index is 0.00582. The van der Waals surface area contributed by atoms with Crippen LogP contribution < -0.4 is 14.8 Å². The highest BCUT2D eigenvalue weighted by Gasteiger charge is 2.15. The topological polar surface area (TPSA) is 107 Å². The number of ether oxygens (including phenoxy) is 1. The summed E-state index contributed by atoms with van der Waals surface area (Å²) in [6.45, 7) is 0. The molecule has 0 atom stereocenters. The zero-order chi connectivity index (χ0) is 18.4. The van der Waals surface area contributed by atoms with Crippen molar-refractivity contribution in [3.8, 4) is 11.5 Å². The molecule has 0 saturated heterocycles. The van der Waals surface area contributed by atoms with E-state index in [4.69, 9.17) is 4.74 Å². The fourth-order valence-electron chi connectivity index (χ4n) is 2.70. The maximum Gasteiger partial charge on any atom is 0.274 e. The van der Waals surface area contributed by atoms with E-state index in [2.05, 4.69) is 4.98 Å². The molecule has 2 aromatic heterocycles. The van der Waals surface area contributed by atoms with Crippen molar-refractivity contribution in [3.05, 3.63) is 67.0 Å². The number of aromatic nitrogens is 2. The quantitative estimate of drug-likeness (QED) is 0.438. The molecule has 1 N–H and O–H groups in total. The minimum Gasteiger partial charge on any atom is -0.504 e. The predicted octanol–water partition coefficient (Wildman–Crippen LogP) is 2.08. The van der Waals surface area contributed by atoms with Crippen LogP contribution >= 0.6 is 11.3 Å². The van der Waals surface area contributed by atoms with Gasteiger partial charge in [-0.15, -0.1) is 0 Å². The summed E-state index contributed by atoms with van der Waals surface area (Å²) in [5.74, 6) is 0.305. The van der Waals surface area contributed by atoms with E-state index in [0.29, 0.717) is 31.8 Å². The van der Waals surface area contributed by atoms with E-state index in [0.717, 1.165) is 0 Å². The summed E-state index contributed by atoms with van der Waals surface area (Å²) < 4.78 is 6.86. The van der Waals surface area contributed by atoms with Gasteiger partial charge in [0.05, 0.1) is 27.6 Å². The highest BCUT2D eigenvalue weighted by molar-refractivity contribution is 7.15. The van der Waals surface area contributed by atoms with E-state index in [1.54, 1.807) is 18.2 Å². The number of nitro groups is 1. The summed E-state index contributed by atoms with van der Waals surface area (Å²) in [6, 6.07) is 8.98. The number of hydrogen-bond donors (Lipinski definition) is 1. The number of fused-ring (bicyclic) bond motifs is 3. The Morgan fingerprint density at radius 1 is 1.31 bits per heavy atom. The summed E-state index contributed by atoms with van der Waals surface area (Å²) in [5.41, 5.74) is 1.20. The first-order valence-electron chi connectivity index (χ1n) is 7.46. The number of phenolic OH excluding ortho intramolecular Hbond substituents is 1. The Balaban J connectivity index is 1.95. The lowest BCUT2D eigenvalue weighted by molar-refractivity contribution is -0.384. The van der Waals surface area contributed by atoms with Gasteiger partial charge in [-0.25, -0.2) is 9.38 Å². The van der Waals surface area contributed by atoms with E-state index in [1.807, 2.05) is 0 Å². The maximum atomic E-state index is 12.8. The van der Waals surface area contributed by atoms with Gasteiger partial charge in [-0.05, 0) is 29.8 Å². The molecule has 0 radical (unpaired) electrons. The third-order valence-corrected chi connectivity index (χ3v) is 4.90. The van der Waals surface area contributed by atoms with Crippen LogP contribution in [-0.4, -0.2) is 26.5 Å². The van der Waals surface area contributed by atoms with Crippen molar-refractivity contribution < 1.29 is 14.8 Å². The van der Waals surface area contributed by atoms with Gasteiger partial charge in [-0.1, -0.05) is 17.4 Å². The molecule has 0 fully saturated rings. The van der Waals surface area contributed by atoms with E-state index < -0.39 is 4.92 Å². The van der Waals surface area contributed by atoms with Gasteiger partial charge >= 0.3 is 0 Å². The number of non-ortho nitro benzene ring substituents is 1. The van der Waals surface area contributed by atoms with E-state index in [9.17, 15) is 20.0 Å². The second kappa shape index (κ2) is 5.81. The Bertz CT molecular complexity index is 1290. The van der Waals surface area contributed by atoms with Crippen LogP contribution in [0, 0.1) is 10.1 Å². The SMILES string of the molecule is COc1cc(/C=c2/sc3nc4ccc([N+](=O)[O-])cc4n3c2=O)ccc1O. The molecule has 0 aliphatic carbocycles. The summed E-state index contributed by atoms with van der Waals surface area (Å²) in [4.78, 5) is 28.1. The van der Waals surface area contributed by atoms with Gasteiger partial charge in [0.15, 0.2) is 16.5 Å². The van der Waals surface area contributed by atoms with Crippen molar-refractivity contribution in [2.45, 2.75) is 0 Å². The first kappa shape index (κ1) is 16.0. The Kier molecular flexibility index (Phi) is 3.58. The van der Waals surface area contributed by atoms with Crippen LogP contribution in [0.15, 0.2) is 41.2 Å². The second-order valence-electron chi connectivity index (χ2n) is 5.51. The average molecular weight is 369 g/mol. The molecule has 130 valence electrons. The standard InChI is InChI=1S/C17H11N3O5S/c1-25-14-6-9(2-5-13(14)21)7-15-16(22)19-12-8-10(20(23)24)3-4-11(12)18-17(19)26-15/h2-8,21H,1H3/b15-7+. The van der Waals surface area contributed by atoms with Crippen LogP contribution in [0.4, 0.5) is 5.69 Å². The molecule has 0 saturated carbocycles. The Morgan fingerprint density at radius 3 is 2.85 bits per heavy atom. The monoisotopic (exact) mass is 369 g/mol. The maximum absolute atomic E-state index is 12.8. The molecule has 0 aliphatic heterocycles. The molecule has 0 unspecified atom stereocenters. The largest absolute Gasteiger partial charge is 0.504 e. The molecule has 8 nitrogen and oxygen atoms in total. The molecular formula is C17H11N3O5S. The van der Waals surface area contributed by atoms with Gasteiger partial charge in [-0.2, -0.15) is 0 Å². The lowest BCUT2D eigenvalue weighted by Crippen LogP contribution is -2.22. The molecule has 4 aromatic rings. The van der Waals surface area contributed by atoms with Crippen LogP contribution in [0.5, 0.6) is 11.5 Å². The third kappa shape index (κ3) is 2.45. The van der Waals surface area contributed by atoms with Crippen molar-refractivity contribution >= 4 is 39.1 Å². The molecule has 26 heavy (non-hydrogen) atoms. The molecule has 9 heteroatoms. The summed E-state index contributed by atoms with van der Waals surface area (Å²) in [7, 11) is 1.44. The van der Waals surface area contributed by atoms with Gasteiger partial charge in [0.1, 0.15) is 0 Å². The van der Waals surface area contributed by atoms with Crippen molar-refractivity contribution in [3.63, 3.8) is 0 Å². The van der Waals surface area contributed by atoms with Gasteiger partial charge in [0.2, 0.25) is 0 Å². The van der Waals surface area contributed by atoms with Crippen molar-refractivity contribution in [2.75, 3.05) is 7.11 Å². The molecule has 0 aliphatic rings. The molecule has 2 heterocycles. The van der Waals surface area contributed by atoms with Gasteiger partial charge < -0.3 is 9.84 Å². The zero-order valence-corrected chi connectivity index (χ0v) is 14.2. The number of rotatable bonds is 3. The van der Waals surface area contributed by atoms with Crippen LogP contribution in [0.1, 0.15) is 5.56 Å². The lowest BCUT2D eigenvalue weighted by atomic mass is 10.2. The average Bonchev–Trinajstić information content (AvgIpc) is 3.12. The molecule has 0 spiro atoms. The van der Waals surface area contributed by atoms with Crippen LogP contribution in [0.2, 0.25) is 0 Å². The number of imidazole rings is 1. The molecular weight excluding hydrogens is 358 g/mol. The fraction of sp³-hybridized carbons (Fsp3) is 0.0588. The zero-order valence-electron chi connectivity index (χ0n) is 13.4. The number of benzene rings is 2. The molecule has 0 amide bonds. The molecule has 4 rings (SSSR count). The normalized spacial score (nSPS) is 12.1. The lowest BCUT2D eigenvalue weighted by Gasteiger charge is -2.03. The first-order chi connectivity index (χ1) is 12.5. The van der Waals surface area contributed by atoms with E-state index >= 15 is 0 Å². The summed E-state index contributed by atoms with van der Waals surface area (Å²) in [5, 5.41) is 20.6. The van der Waals surface area contributed by atoms with E-state index in [1.165, 1.54) is 47.1 Å². The minimum atomic E-state index is -0.508. The molecule has 0 bridgehead atoms. The second-order valence-corrected chi connectivity index (χ2v) is 6.52. The van der Waals surface area contributed by atoms with Crippen molar-refractivity contribution in [1.82, 2.24) is 9.38 Å². The Hall–Kier alpha value is -3.46. The number of methoxy groups -OCH3 is 1.